The summed E-state index contributed by atoms with van der Waals surface area (Å²) in [5.41, 5.74) is 7.31. The van der Waals surface area contributed by atoms with Crippen molar-refractivity contribution in [3.63, 3.8) is 0 Å². The van der Waals surface area contributed by atoms with E-state index in [1.807, 2.05) is 42.8 Å². The third-order valence-corrected chi connectivity index (χ3v) is 5.79. The van der Waals surface area contributed by atoms with E-state index in [2.05, 4.69) is 11.1 Å². The average molecular weight is 458 g/mol. The molecule has 1 aliphatic rings. The van der Waals surface area contributed by atoms with Crippen LogP contribution in [0.5, 0.6) is 5.75 Å². The molecule has 8 heteroatoms. The van der Waals surface area contributed by atoms with Crippen LogP contribution in [0.1, 0.15) is 37.7 Å². The molecule has 2 N–H and O–H groups in total. The number of hydrogen-bond acceptors (Lipinski definition) is 6. The standard InChI is InChI=1S/C24H31N3O4S/c1-27(23(29)7-3-2-5-19-6-4-13-26-14-12-19)15-16-31-21-10-8-20(9-11-21)17-22(18-28)32-24(25)30/h6,8-14,18,22H,2-5,7,15-17H2,1H3,(H2,25,30). The lowest BCUT2D eigenvalue weighted by Crippen LogP contribution is -2.30. The van der Waals surface area contributed by atoms with Crippen LogP contribution in [0.25, 0.3) is 0 Å². The molecule has 0 fully saturated rings. The number of nitrogens with zero attached hydrogens (tertiary/aromatic N) is 2. The van der Waals surface area contributed by atoms with Crippen molar-refractivity contribution < 1.29 is 19.1 Å². The molecular formula is C24H31N3O4S. The van der Waals surface area contributed by atoms with Gasteiger partial charge in [-0.2, -0.15) is 0 Å². The first-order valence-electron chi connectivity index (χ1n) is 10.7. The number of carbonyl (C=O) groups is 3. The zero-order valence-corrected chi connectivity index (χ0v) is 19.3. The van der Waals surface area contributed by atoms with E-state index in [9.17, 15) is 14.4 Å². The molecular weight excluding hydrogens is 426 g/mol. The number of aliphatic imine (C=N–C) groups is 1. The summed E-state index contributed by atoms with van der Waals surface area (Å²) in [6, 6.07) is 7.34. The minimum atomic E-state index is -0.565. The number of aldehydes is 1. The van der Waals surface area contributed by atoms with E-state index in [-0.39, 0.29) is 5.91 Å². The Morgan fingerprint density at radius 2 is 2.06 bits per heavy atom. The van der Waals surface area contributed by atoms with Crippen molar-refractivity contribution in [1.29, 1.82) is 0 Å². The Balaban J connectivity index is 1.63. The van der Waals surface area contributed by atoms with Crippen LogP contribution in [0, 0.1) is 0 Å². The molecule has 0 saturated heterocycles. The second kappa shape index (κ2) is 14.2. The van der Waals surface area contributed by atoms with Gasteiger partial charge in [0.2, 0.25) is 5.91 Å². The Morgan fingerprint density at radius 3 is 2.78 bits per heavy atom. The Hall–Kier alpha value is -2.87. The first-order chi connectivity index (χ1) is 15.5. The fraction of sp³-hybridized carbons (Fsp3) is 0.417. The lowest BCUT2D eigenvalue weighted by atomic mass is 10.1. The summed E-state index contributed by atoms with van der Waals surface area (Å²) in [7, 11) is 1.79. The maximum atomic E-state index is 12.3. The van der Waals surface area contributed by atoms with Gasteiger partial charge < -0.3 is 20.2 Å². The quantitative estimate of drug-likeness (QED) is 0.357. The molecule has 1 aliphatic heterocycles. The van der Waals surface area contributed by atoms with Crippen LogP contribution >= 0.6 is 11.8 Å². The van der Waals surface area contributed by atoms with Crippen LogP contribution in [0.2, 0.25) is 0 Å². The van der Waals surface area contributed by atoms with Crippen LogP contribution in [0.4, 0.5) is 4.79 Å². The molecule has 0 aromatic heterocycles. The number of unbranched alkanes of at least 4 members (excludes halogenated alkanes) is 1. The van der Waals surface area contributed by atoms with Gasteiger partial charge in [0.05, 0.1) is 11.8 Å². The van der Waals surface area contributed by atoms with Gasteiger partial charge in [-0.3, -0.25) is 14.6 Å². The highest BCUT2D eigenvalue weighted by Gasteiger charge is 2.13. The summed E-state index contributed by atoms with van der Waals surface area (Å²) in [4.78, 5) is 40.1. The van der Waals surface area contributed by atoms with Gasteiger partial charge in [0, 0.05) is 32.3 Å². The predicted octanol–water partition coefficient (Wildman–Crippen LogP) is 3.92. The van der Waals surface area contributed by atoms with E-state index in [4.69, 9.17) is 10.5 Å². The topological polar surface area (TPSA) is 102 Å². The highest BCUT2D eigenvalue weighted by atomic mass is 32.2. The van der Waals surface area contributed by atoms with Crippen molar-refractivity contribution >= 4 is 35.4 Å². The molecule has 1 unspecified atom stereocenters. The number of allylic oxidation sites excluding steroid dienone is 3. The molecule has 172 valence electrons. The third kappa shape index (κ3) is 9.96. The summed E-state index contributed by atoms with van der Waals surface area (Å²) < 4.78 is 5.72. The number of hydrogen-bond donors (Lipinski definition) is 1. The van der Waals surface area contributed by atoms with Gasteiger partial charge in [0.1, 0.15) is 18.6 Å². The Kier molecular flexibility index (Phi) is 11.3. The predicted molar refractivity (Wildman–Crippen MR) is 129 cm³/mol. The maximum Gasteiger partial charge on any atom is 0.277 e. The maximum absolute atomic E-state index is 12.3. The summed E-state index contributed by atoms with van der Waals surface area (Å²) in [5.74, 6) is 0.804. The summed E-state index contributed by atoms with van der Waals surface area (Å²) in [6.45, 7) is 0.905. The fourth-order valence-electron chi connectivity index (χ4n) is 3.16. The second-order valence-electron chi connectivity index (χ2n) is 7.49. The lowest BCUT2D eigenvalue weighted by molar-refractivity contribution is -0.130. The minimum Gasteiger partial charge on any atom is -0.492 e. The van der Waals surface area contributed by atoms with Crippen molar-refractivity contribution in [2.75, 3.05) is 20.2 Å². The van der Waals surface area contributed by atoms with E-state index in [1.165, 1.54) is 5.57 Å². The van der Waals surface area contributed by atoms with Crippen LogP contribution in [0.3, 0.4) is 0 Å². The Bertz CT molecular complexity index is 849. The van der Waals surface area contributed by atoms with Gasteiger partial charge in [-0.15, -0.1) is 0 Å². The number of carbonyl (C=O) groups excluding carboxylic acids is 3. The van der Waals surface area contributed by atoms with Crippen molar-refractivity contribution in [2.24, 2.45) is 10.7 Å². The van der Waals surface area contributed by atoms with Gasteiger partial charge >= 0.3 is 0 Å². The van der Waals surface area contributed by atoms with E-state index in [0.717, 1.165) is 49.3 Å². The zero-order valence-electron chi connectivity index (χ0n) is 18.4. The molecule has 0 saturated carbocycles. The molecule has 0 aliphatic carbocycles. The van der Waals surface area contributed by atoms with E-state index >= 15 is 0 Å². The number of rotatable bonds is 13. The zero-order chi connectivity index (χ0) is 23.2. The van der Waals surface area contributed by atoms with E-state index < -0.39 is 10.5 Å². The fourth-order valence-corrected chi connectivity index (χ4v) is 3.79. The molecule has 0 bridgehead atoms. The molecule has 32 heavy (non-hydrogen) atoms. The number of ether oxygens (including phenoxy) is 1. The number of thioether (sulfide) groups is 1. The lowest BCUT2D eigenvalue weighted by Gasteiger charge is -2.17. The van der Waals surface area contributed by atoms with Crippen LogP contribution < -0.4 is 10.5 Å². The van der Waals surface area contributed by atoms with Gasteiger partial charge in [-0.25, -0.2) is 0 Å². The molecule has 2 amide bonds. The molecule has 1 aromatic carbocycles. The largest absolute Gasteiger partial charge is 0.492 e. The molecule has 2 rings (SSSR count). The molecule has 1 atom stereocenters. The Labute approximate surface area is 193 Å². The van der Waals surface area contributed by atoms with Gasteiger partial charge in [-0.1, -0.05) is 35.5 Å². The van der Waals surface area contributed by atoms with E-state index in [1.54, 1.807) is 11.9 Å². The van der Waals surface area contributed by atoms with Crippen LogP contribution in [-0.2, 0) is 16.0 Å². The van der Waals surface area contributed by atoms with Gasteiger partial charge in [-0.05, 0) is 49.5 Å². The SMILES string of the molecule is CN(CCOc1ccc(CC(C=O)SC(N)=O)cc1)C(=O)CCCCC1=CCC=NC=C1. The second-order valence-corrected chi connectivity index (χ2v) is 8.74. The molecule has 1 heterocycles. The third-order valence-electron chi connectivity index (χ3n) is 4.97. The highest BCUT2D eigenvalue weighted by molar-refractivity contribution is 8.14. The molecule has 1 aromatic rings. The van der Waals surface area contributed by atoms with Crippen molar-refractivity contribution in [2.45, 2.75) is 43.8 Å². The first-order valence-corrected chi connectivity index (χ1v) is 11.6. The monoisotopic (exact) mass is 457 g/mol. The first kappa shape index (κ1) is 25.4. The average Bonchev–Trinajstić information content (AvgIpc) is 3.05. The van der Waals surface area contributed by atoms with Gasteiger partial charge in [0.25, 0.3) is 5.24 Å². The molecule has 7 nitrogen and oxygen atoms in total. The van der Waals surface area contributed by atoms with E-state index in [0.29, 0.717) is 31.7 Å². The molecule has 0 radical (unpaired) electrons. The number of primary amides is 1. The normalized spacial score (nSPS) is 13.7. The number of benzene rings is 1. The summed E-state index contributed by atoms with van der Waals surface area (Å²) in [6.07, 6.45) is 13.2. The summed E-state index contributed by atoms with van der Waals surface area (Å²) in [5, 5.41) is -1.06. The van der Waals surface area contributed by atoms with Crippen LogP contribution in [0.15, 0.2) is 53.2 Å². The number of nitrogens with two attached hydrogens (primary N) is 1. The minimum absolute atomic E-state index is 0.115. The number of amides is 2. The van der Waals surface area contributed by atoms with Crippen molar-refractivity contribution in [3.8, 4) is 5.75 Å². The highest BCUT2D eigenvalue weighted by Crippen LogP contribution is 2.18. The smallest absolute Gasteiger partial charge is 0.277 e. The van der Waals surface area contributed by atoms with Crippen molar-refractivity contribution in [1.82, 2.24) is 4.90 Å². The summed E-state index contributed by atoms with van der Waals surface area (Å²) >= 11 is 0.825. The van der Waals surface area contributed by atoms with Gasteiger partial charge in [0.15, 0.2) is 0 Å². The number of likely N-dealkylation sites (N-methyl/N-ethyl adjacent to an activating group) is 1. The van der Waals surface area contributed by atoms with Crippen molar-refractivity contribution in [3.05, 3.63) is 53.8 Å². The van der Waals surface area contributed by atoms with Crippen LogP contribution in [-0.4, -0.2) is 54.0 Å². The molecule has 0 spiro atoms. The Morgan fingerprint density at radius 1 is 1.28 bits per heavy atom.